The van der Waals surface area contributed by atoms with Gasteiger partial charge in [-0.2, -0.15) is 0 Å². The molecule has 3 heteroatoms. The average molecular weight is 268 g/mol. The topological polar surface area (TPSA) is 21.3 Å². The quantitative estimate of drug-likeness (QED) is 0.864. The van der Waals surface area contributed by atoms with Crippen LogP contribution in [-0.2, 0) is 0 Å². The van der Waals surface area contributed by atoms with Gasteiger partial charge >= 0.3 is 0 Å². The van der Waals surface area contributed by atoms with Crippen LogP contribution in [0, 0.1) is 5.92 Å². The Balaban J connectivity index is 2.15. The highest BCUT2D eigenvalue weighted by Gasteiger charge is 2.22. The summed E-state index contributed by atoms with van der Waals surface area (Å²) in [7, 11) is 3.73. The van der Waals surface area contributed by atoms with Crippen LogP contribution in [-0.4, -0.2) is 14.2 Å². The maximum absolute atomic E-state index is 6.01. The van der Waals surface area contributed by atoms with E-state index in [0.717, 1.165) is 16.7 Å². The summed E-state index contributed by atoms with van der Waals surface area (Å²) in [6, 6.07) is 6.28. The monoisotopic (exact) mass is 267 g/mol. The molecule has 1 atom stereocenters. The standard InChI is InChI=1S/C15H22ClNO/c1-17-14(9-11-5-3-4-6-11)13-8-7-12(16)10-15(13)18-2/h7-8,10-11,14,17H,3-6,9H2,1-2H3. The molecule has 1 fully saturated rings. The molecule has 100 valence electrons. The third kappa shape index (κ3) is 3.18. The van der Waals surface area contributed by atoms with Gasteiger partial charge in [0, 0.05) is 16.6 Å². The molecule has 0 bridgehead atoms. The smallest absolute Gasteiger partial charge is 0.125 e. The highest BCUT2D eigenvalue weighted by Crippen LogP contribution is 2.36. The summed E-state index contributed by atoms with van der Waals surface area (Å²) in [5, 5.41) is 4.14. The second kappa shape index (κ2) is 6.44. The Bertz CT molecular complexity index is 388. The van der Waals surface area contributed by atoms with Crippen molar-refractivity contribution in [2.75, 3.05) is 14.2 Å². The summed E-state index contributed by atoms with van der Waals surface area (Å²) in [5.74, 6) is 1.74. The fourth-order valence-electron chi connectivity index (χ4n) is 2.95. The first-order chi connectivity index (χ1) is 8.74. The van der Waals surface area contributed by atoms with E-state index in [0.29, 0.717) is 6.04 Å². The number of ether oxygens (including phenoxy) is 1. The molecule has 18 heavy (non-hydrogen) atoms. The predicted octanol–water partition coefficient (Wildman–Crippen LogP) is 4.19. The summed E-state index contributed by atoms with van der Waals surface area (Å²) >= 11 is 6.01. The van der Waals surface area contributed by atoms with Gasteiger partial charge in [-0.1, -0.05) is 43.4 Å². The lowest BCUT2D eigenvalue weighted by Crippen LogP contribution is -2.19. The number of rotatable bonds is 5. The van der Waals surface area contributed by atoms with Crippen molar-refractivity contribution >= 4 is 11.6 Å². The molecule has 0 heterocycles. The number of nitrogens with one attached hydrogen (secondary N) is 1. The zero-order valence-corrected chi connectivity index (χ0v) is 12.0. The van der Waals surface area contributed by atoms with Crippen molar-refractivity contribution in [3.63, 3.8) is 0 Å². The fraction of sp³-hybridized carbons (Fsp3) is 0.600. The van der Waals surface area contributed by atoms with Gasteiger partial charge < -0.3 is 10.1 Å². The summed E-state index contributed by atoms with van der Waals surface area (Å²) < 4.78 is 5.45. The van der Waals surface area contributed by atoms with Gasteiger partial charge in [0.05, 0.1) is 7.11 Å². The van der Waals surface area contributed by atoms with Gasteiger partial charge in [-0.05, 0) is 31.5 Å². The van der Waals surface area contributed by atoms with Crippen LogP contribution < -0.4 is 10.1 Å². The van der Waals surface area contributed by atoms with Crippen LogP contribution in [0.25, 0.3) is 0 Å². The molecule has 0 aromatic heterocycles. The van der Waals surface area contributed by atoms with E-state index < -0.39 is 0 Å². The lowest BCUT2D eigenvalue weighted by atomic mass is 9.93. The van der Waals surface area contributed by atoms with Crippen LogP contribution in [0.4, 0.5) is 0 Å². The molecule has 1 aliphatic rings. The number of halogens is 1. The first-order valence-corrected chi connectivity index (χ1v) is 7.13. The first-order valence-electron chi connectivity index (χ1n) is 6.75. The molecule has 0 radical (unpaired) electrons. The molecule has 1 aliphatic carbocycles. The van der Waals surface area contributed by atoms with Crippen LogP contribution in [0.5, 0.6) is 5.75 Å². The van der Waals surface area contributed by atoms with Crippen molar-refractivity contribution < 1.29 is 4.74 Å². The van der Waals surface area contributed by atoms with Gasteiger partial charge in [-0.15, -0.1) is 0 Å². The predicted molar refractivity (Wildman–Crippen MR) is 76.4 cm³/mol. The molecule has 0 aliphatic heterocycles. The van der Waals surface area contributed by atoms with Crippen LogP contribution in [0.3, 0.4) is 0 Å². The Morgan fingerprint density at radius 1 is 1.39 bits per heavy atom. The first kappa shape index (κ1) is 13.7. The molecule has 1 N–H and O–H groups in total. The van der Waals surface area contributed by atoms with E-state index in [1.807, 2.05) is 19.2 Å². The largest absolute Gasteiger partial charge is 0.496 e. The van der Waals surface area contributed by atoms with Crippen molar-refractivity contribution in [3.8, 4) is 5.75 Å². The second-order valence-electron chi connectivity index (χ2n) is 5.11. The number of benzene rings is 1. The van der Waals surface area contributed by atoms with E-state index in [4.69, 9.17) is 16.3 Å². The number of methoxy groups -OCH3 is 1. The van der Waals surface area contributed by atoms with Crippen LogP contribution >= 0.6 is 11.6 Å². The summed E-state index contributed by atoms with van der Waals surface area (Å²) in [5.41, 5.74) is 1.22. The summed E-state index contributed by atoms with van der Waals surface area (Å²) in [4.78, 5) is 0. The van der Waals surface area contributed by atoms with Gasteiger partial charge in [-0.3, -0.25) is 0 Å². The maximum Gasteiger partial charge on any atom is 0.125 e. The van der Waals surface area contributed by atoms with Gasteiger partial charge in [0.2, 0.25) is 0 Å². The third-order valence-corrected chi connectivity index (χ3v) is 4.20. The number of hydrogen-bond donors (Lipinski definition) is 1. The van der Waals surface area contributed by atoms with E-state index in [2.05, 4.69) is 11.4 Å². The van der Waals surface area contributed by atoms with Gasteiger partial charge in [-0.25, -0.2) is 0 Å². The minimum Gasteiger partial charge on any atom is -0.496 e. The van der Waals surface area contributed by atoms with Crippen LogP contribution in [0.2, 0.25) is 5.02 Å². The lowest BCUT2D eigenvalue weighted by molar-refractivity contribution is 0.377. The molecule has 0 spiro atoms. The minimum atomic E-state index is 0.361. The molecule has 1 unspecified atom stereocenters. The van der Waals surface area contributed by atoms with Crippen molar-refractivity contribution in [1.82, 2.24) is 5.32 Å². The lowest BCUT2D eigenvalue weighted by Gasteiger charge is -2.22. The second-order valence-corrected chi connectivity index (χ2v) is 5.55. The zero-order valence-electron chi connectivity index (χ0n) is 11.2. The molecular formula is C15H22ClNO. The van der Waals surface area contributed by atoms with E-state index in [-0.39, 0.29) is 0 Å². The van der Waals surface area contributed by atoms with E-state index in [9.17, 15) is 0 Å². The molecule has 0 amide bonds. The highest BCUT2D eigenvalue weighted by atomic mass is 35.5. The van der Waals surface area contributed by atoms with E-state index in [1.165, 1.54) is 37.7 Å². The Morgan fingerprint density at radius 3 is 2.72 bits per heavy atom. The van der Waals surface area contributed by atoms with Crippen molar-refractivity contribution in [2.45, 2.75) is 38.1 Å². The molecule has 2 rings (SSSR count). The average Bonchev–Trinajstić information content (AvgIpc) is 2.89. The normalized spacial score (nSPS) is 17.9. The summed E-state index contributed by atoms with van der Waals surface area (Å²) in [6.07, 6.45) is 6.70. The molecule has 0 saturated heterocycles. The van der Waals surface area contributed by atoms with Crippen molar-refractivity contribution in [3.05, 3.63) is 28.8 Å². The molecule has 1 aromatic rings. The van der Waals surface area contributed by atoms with E-state index in [1.54, 1.807) is 7.11 Å². The molecule has 1 aromatic carbocycles. The Kier molecular flexibility index (Phi) is 4.90. The Morgan fingerprint density at radius 2 is 2.11 bits per heavy atom. The molecule has 1 saturated carbocycles. The number of hydrogen-bond acceptors (Lipinski definition) is 2. The Labute approximate surface area is 115 Å². The molecule has 2 nitrogen and oxygen atoms in total. The van der Waals surface area contributed by atoms with Gasteiger partial charge in [0.1, 0.15) is 5.75 Å². The van der Waals surface area contributed by atoms with Crippen LogP contribution in [0.1, 0.15) is 43.7 Å². The van der Waals surface area contributed by atoms with Crippen molar-refractivity contribution in [2.24, 2.45) is 5.92 Å². The van der Waals surface area contributed by atoms with Gasteiger partial charge in [0.15, 0.2) is 0 Å². The molecular weight excluding hydrogens is 246 g/mol. The van der Waals surface area contributed by atoms with E-state index >= 15 is 0 Å². The Hall–Kier alpha value is -0.730. The summed E-state index contributed by atoms with van der Waals surface area (Å²) in [6.45, 7) is 0. The van der Waals surface area contributed by atoms with Gasteiger partial charge in [0.25, 0.3) is 0 Å². The fourth-order valence-corrected chi connectivity index (χ4v) is 3.11. The minimum absolute atomic E-state index is 0.361. The third-order valence-electron chi connectivity index (χ3n) is 3.96. The zero-order chi connectivity index (χ0) is 13.0. The highest BCUT2D eigenvalue weighted by molar-refractivity contribution is 6.30. The van der Waals surface area contributed by atoms with Crippen LogP contribution in [0.15, 0.2) is 18.2 Å². The van der Waals surface area contributed by atoms with Crippen molar-refractivity contribution in [1.29, 1.82) is 0 Å². The SMILES string of the molecule is CNC(CC1CCCC1)c1ccc(Cl)cc1OC. The maximum atomic E-state index is 6.01.